The van der Waals surface area contributed by atoms with Gasteiger partial charge in [0.1, 0.15) is 12.0 Å². The molecule has 0 aliphatic carbocycles. The Balaban J connectivity index is 1.70. The number of nitrogens with zero attached hydrogens (tertiary/aromatic N) is 4. The van der Waals surface area contributed by atoms with Crippen molar-refractivity contribution in [1.82, 2.24) is 25.0 Å². The monoisotopic (exact) mass is 389 g/mol. The molecule has 4 rings (SSSR count). The van der Waals surface area contributed by atoms with Crippen LogP contribution < -0.4 is 5.43 Å². The molecular weight excluding hydrogens is 370 g/mol. The normalized spacial score (nSPS) is 12.2. The van der Waals surface area contributed by atoms with Crippen LogP contribution in [-0.4, -0.2) is 41.3 Å². The number of hydrogen-bond acceptors (Lipinski definition) is 6. The zero-order valence-corrected chi connectivity index (χ0v) is 15.4. The van der Waals surface area contributed by atoms with Crippen molar-refractivity contribution in [2.45, 2.75) is 18.6 Å². The minimum Gasteiger partial charge on any atom is -0.503 e. The van der Waals surface area contributed by atoms with E-state index in [0.717, 1.165) is 17.3 Å². The maximum Gasteiger partial charge on any atom is 0.242 e. The lowest BCUT2D eigenvalue weighted by atomic mass is 9.86. The van der Waals surface area contributed by atoms with Gasteiger partial charge < -0.3 is 10.2 Å². The topological polar surface area (TPSA) is 117 Å². The van der Waals surface area contributed by atoms with Crippen molar-refractivity contribution in [3.8, 4) is 17.3 Å². The summed E-state index contributed by atoms with van der Waals surface area (Å²) < 4.78 is 1.44. The lowest BCUT2D eigenvalue weighted by molar-refractivity contribution is 0.132. The molecule has 2 aromatic heterocycles. The van der Waals surface area contributed by atoms with Gasteiger partial charge >= 0.3 is 0 Å². The van der Waals surface area contributed by atoms with Crippen molar-refractivity contribution in [3.63, 3.8) is 0 Å². The molecule has 1 atom stereocenters. The first-order chi connectivity index (χ1) is 14.1. The van der Waals surface area contributed by atoms with E-state index in [1.807, 2.05) is 60.7 Å². The van der Waals surface area contributed by atoms with E-state index < -0.39 is 17.3 Å². The Morgan fingerprint density at radius 3 is 2.24 bits per heavy atom. The van der Waals surface area contributed by atoms with E-state index in [1.165, 1.54) is 11.0 Å². The minimum absolute atomic E-state index is 0.0539. The molecule has 0 saturated carbocycles. The number of aliphatic hydroxyl groups excluding tert-OH is 1. The Labute approximate surface area is 166 Å². The third-order valence-electron chi connectivity index (χ3n) is 4.73. The number of aliphatic hydroxyl groups is 1. The largest absolute Gasteiger partial charge is 0.503 e. The molecule has 0 saturated heterocycles. The summed E-state index contributed by atoms with van der Waals surface area (Å²) >= 11 is 0. The number of aromatic amines is 1. The molecule has 8 heteroatoms. The van der Waals surface area contributed by atoms with Gasteiger partial charge in [-0.1, -0.05) is 60.7 Å². The molecule has 8 nitrogen and oxygen atoms in total. The average Bonchev–Trinajstić information content (AvgIpc) is 3.19. The predicted molar refractivity (Wildman–Crippen MR) is 106 cm³/mol. The van der Waals surface area contributed by atoms with Gasteiger partial charge in [0.05, 0.1) is 18.8 Å². The Bertz CT molecular complexity index is 1100. The first-order valence-electron chi connectivity index (χ1n) is 9.08. The van der Waals surface area contributed by atoms with Gasteiger partial charge in [0.15, 0.2) is 11.6 Å². The van der Waals surface area contributed by atoms with Gasteiger partial charge in [-0.2, -0.15) is 10.2 Å². The van der Waals surface area contributed by atoms with Gasteiger partial charge in [-0.15, -0.1) is 0 Å². The summed E-state index contributed by atoms with van der Waals surface area (Å²) in [6.45, 7) is 0.0974. The van der Waals surface area contributed by atoms with Crippen LogP contribution in [0.4, 0.5) is 0 Å². The van der Waals surface area contributed by atoms with E-state index in [4.69, 9.17) is 0 Å². The molecule has 0 amide bonds. The van der Waals surface area contributed by atoms with Gasteiger partial charge in [0.25, 0.3) is 0 Å². The van der Waals surface area contributed by atoms with Crippen molar-refractivity contribution >= 4 is 0 Å². The zero-order chi connectivity index (χ0) is 20.2. The highest BCUT2D eigenvalue weighted by Gasteiger charge is 2.25. The first kappa shape index (κ1) is 18.6. The van der Waals surface area contributed by atoms with Gasteiger partial charge in [-0.05, 0) is 11.1 Å². The second-order valence-corrected chi connectivity index (χ2v) is 6.59. The summed E-state index contributed by atoms with van der Waals surface area (Å²) in [4.78, 5) is 15.8. The molecule has 3 N–H and O–H groups in total. The van der Waals surface area contributed by atoms with Gasteiger partial charge in [-0.3, -0.25) is 9.89 Å². The Kier molecular flexibility index (Phi) is 5.17. The fourth-order valence-corrected chi connectivity index (χ4v) is 3.38. The number of benzene rings is 2. The summed E-state index contributed by atoms with van der Waals surface area (Å²) in [6, 6.07) is 19.4. The Morgan fingerprint density at radius 2 is 1.62 bits per heavy atom. The van der Waals surface area contributed by atoms with E-state index in [2.05, 4.69) is 20.3 Å². The van der Waals surface area contributed by atoms with Gasteiger partial charge in [-0.25, -0.2) is 9.67 Å². The van der Waals surface area contributed by atoms with Crippen molar-refractivity contribution in [3.05, 3.63) is 94.5 Å². The quantitative estimate of drug-likeness (QED) is 0.464. The summed E-state index contributed by atoms with van der Waals surface area (Å²) in [5, 5.41) is 31.7. The number of nitrogens with one attached hydrogen (secondary N) is 1. The molecule has 0 aliphatic rings. The molecule has 4 aromatic rings. The van der Waals surface area contributed by atoms with Crippen molar-refractivity contribution in [2.24, 2.45) is 0 Å². The molecule has 0 bridgehead atoms. The second kappa shape index (κ2) is 8.07. The third kappa shape index (κ3) is 3.78. The fourth-order valence-electron chi connectivity index (χ4n) is 3.38. The lowest BCUT2D eigenvalue weighted by Crippen LogP contribution is -2.26. The predicted octanol–water partition coefficient (Wildman–Crippen LogP) is 1.93. The van der Waals surface area contributed by atoms with Crippen molar-refractivity contribution in [2.75, 3.05) is 0 Å². The van der Waals surface area contributed by atoms with Crippen LogP contribution in [0.5, 0.6) is 5.75 Å². The first-order valence-corrected chi connectivity index (χ1v) is 9.08. The van der Waals surface area contributed by atoms with Crippen LogP contribution in [-0.2, 0) is 6.54 Å². The summed E-state index contributed by atoms with van der Waals surface area (Å²) in [6.07, 6.45) is 1.44. The summed E-state index contributed by atoms with van der Waals surface area (Å²) in [5.74, 6) is -0.575. The molecule has 1 unspecified atom stereocenters. The maximum absolute atomic E-state index is 11.7. The van der Waals surface area contributed by atoms with E-state index >= 15 is 0 Å². The van der Waals surface area contributed by atoms with Crippen molar-refractivity contribution < 1.29 is 10.2 Å². The van der Waals surface area contributed by atoms with Crippen LogP contribution in [0.2, 0.25) is 0 Å². The zero-order valence-electron chi connectivity index (χ0n) is 15.4. The van der Waals surface area contributed by atoms with E-state index in [9.17, 15) is 15.0 Å². The summed E-state index contributed by atoms with van der Waals surface area (Å²) in [7, 11) is 0. The van der Waals surface area contributed by atoms with E-state index in [1.54, 1.807) is 0 Å². The number of H-pyrrole nitrogens is 1. The average molecular weight is 389 g/mol. The highest BCUT2D eigenvalue weighted by Crippen LogP contribution is 2.30. The molecular formula is C21H19N5O3. The molecule has 2 aromatic carbocycles. The minimum atomic E-state index is -0.842. The molecule has 29 heavy (non-hydrogen) atoms. The molecule has 0 radical (unpaired) electrons. The number of aromatic nitrogens is 5. The molecule has 2 heterocycles. The summed E-state index contributed by atoms with van der Waals surface area (Å²) in [5.41, 5.74) is 1.36. The number of rotatable bonds is 6. The van der Waals surface area contributed by atoms with E-state index in [-0.39, 0.29) is 24.0 Å². The molecule has 0 spiro atoms. The van der Waals surface area contributed by atoms with Crippen LogP contribution in [0.3, 0.4) is 0 Å². The van der Waals surface area contributed by atoms with E-state index in [0.29, 0.717) is 0 Å². The number of aromatic hydroxyl groups is 1. The van der Waals surface area contributed by atoms with Crippen LogP contribution in [0.1, 0.15) is 17.0 Å². The Morgan fingerprint density at radius 1 is 1.00 bits per heavy atom. The van der Waals surface area contributed by atoms with Crippen LogP contribution in [0.25, 0.3) is 11.5 Å². The van der Waals surface area contributed by atoms with Crippen LogP contribution in [0.15, 0.2) is 78.0 Å². The van der Waals surface area contributed by atoms with Crippen LogP contribution >= 0.6 is 0 Å². The van der Waals surface area contributed by atoms with Crippen molar-refractivity contribution in [1.29, 1.82) is 0 Å². The Hall–Kier alpha value is -3.78. The van der Waals surface area contributed by atoms with Gasteiger partial charge in [0, 0.05) is 5.92 Å². The number of hydrogen-bond donors (Lipinski definition) is 3. The lowest BCUT2D eigenvalue weighted by Gasteiger charge is -2.24. The molecule has 0 fully saturated rings. The van der Waals surface area contributed by atoms with Crippen LogP contribution in [0, 0.1) is 0 Å². The fraction of sp³-hybridized carbons (Fsp3) is 0.143. The highest BCUT2D eigenvalue weighted by atomic mass is 16.3. The van der Waals surface area contributed by atoms with Gasteiger partial charge in [0.2, 0.25) is 5.43 Å². The SMILES string of the molecule is O=c1cn[nH]c(-c2ncnn2CC(O)C(c2ccccc2)c2ccccc2)c1O. The third-order valence-corrected chi connectivity index (χ3v) is 4.73. The molecule has 146 valence electrons. The highest BCUT2D eigenvalue weighted by molar-refractivity contribution is 5.57. The standard InChI is InChI=1S/C21H19N5O3/c27-16-11-23-25-19(20(16)29)21-22-13-24-26(21)12-17(28)18(14-7-3-1-4-8-14)15-9-5-2-6-10-15/h1-11,13,17-18,28H,12H2,(H,23,29)(H,25,27). The second-order valence-electron chi connectivity index (χ2n) is 6.59. The maximum atomic E-state index is 11.7. The smallest absolute Gasteiger partial charge is 0.242 e. The molecule has 0 aliphatic heterocycles.